The van der Waals surface area contributed by atoms with Crippen LogP contribution in [0.5, 0.6) is 11.5 Å². The molecule has 0 aromatic heterocycles. The number of carbonyl (C=O) groups excluding carboxylic acids is 1. The largest absolute Gasteiger partial charge is 0.487 e. The smallest absolute Gasteiger partial charge is 0.308 e. The van der Waals surface area contributed by atoms with Crippen LogP contribution in [0.3, 0.4) is 0 Å². The number of benzene rings is 1. The first kappa shape index (κ1) is 27.7. The van der Waals surface area contributed by atoms with Crippen molar-refractivity contribution in [3.05, 3.63) is 22.8 Å². The average Bonchev–Trinajstić information content (AvgIpc) is 2.72. The monoisotopic (exact) mass is 458 g/mol. The standard InChI is InChI=1S/C30H50O3/c1-21(2)12-9-13-22(3)14-10-15-23(4)16-11-18-30(8)19-17-27-20-28(32-26(7)31)24(5)25(6)29(27)33-30/h20-23H,9-19H2,1-8H3. The second kappa shape index (κ2) is 12.8. The van der Waals surface area contributed by atoms with E-state index in [1.54, 1.807) is 0 Å². The summed E-state index contributed by atoms with van der Waals surface area (Å²) in [7, 11) is 0. The number of esters is 1. The number of rotatable bonds is 13. The van der Waals surface area contributed by atoms with E-state index in [1.807, 2.05) is 13.0 Å². The van der Waals surface area contributed by atoms with Gasteiger partial charge in [-0.05, 0) is 87.0 Å². The molecule has 0 aliphatic carbocycles. The van der Waals surface area contributed by atoms with Crippen molar-refractivity contribution < 1.29 is 14.3 Å². The number of fused-ring (bicyclic) bond motifs is 1. The Balaban J connectivity index is 1.77. The molecule has 1 aliphatic rings. The Labute approximate surface area is 204 Å². The van der Waals surface area contributed by atoms with E-state index in [9.17, 15) is 4.79 Å². The van der Waals surface area contributed by atoms with Gasteiger partial charge in [0.15, 0.2) is 0 Å². The summed E-state index contributed by atoms with van der Waals surface area (Å²) in [5.74, 6) is 3.92. The maximum atomic E-state index is 11.4. The highest BCUT2D eigenvalue weighted by Crippen LogP contribution is 2.42. The van der Waals surface area contributed by atoms with Crippen molar-refractivity contribution in [2.75, 3.05) is 0 Å². The Bertz CT molecular complexity index is 766. The SMILES string of the molecule is CC(=O)Oc1cc2c(c(C)c1C)OC(C)(CCCC(C)CCCC(C)CCCC(C)C)CC2. The Morgan fingerprint density at radius 2 is 1.55 bits per heavy atom. The molecule has 0 bridgehead atoms. The molecule has 2 rings (SSSR count). The lowest BCUT2D eigenvalue weighted by Crippen LogP contribution is -2.36. The molecule has 188 valence electrons. The highest BCUT2D eigenvalue weighted by Gasteiger charge is 2.33. The molecule has 1 heterocycles. The van der Waals surface area contributed by atoms with Crippen molar-refractivity contribution >= 4 is 5.97 Å². The molecule has 1 aromatic rings. The predicted octanol–water partition coefficient (Wildman–Crippen LogP) is 8.75. The number of aryl methyl sites for hydroxylation is 1. The van der Waals surface area contributed by atoms with Gasteiger partial charge in [-0.15, -0.1) is 0 Å². The van der Waals surface area contributed by atoms with Gasteiger partial charge in [-0.2, -0.15) is 0 Å². The van der Waals surface area contributed by atoms with Crippen LogP contribution >= 0.6 is 0 Å². The maximum absolute atomic E-state index is 11.4. The molecule has 0 N–H and O–H groups in total. The second-order valence-corrected chi connectivity index (χ2v) is 11.6. The van der Waals surface area contributed by atoms with Gasteiger partial charge < -0.3 is 9.47 Å². The Morgan fingerprint density at radius 3 is 2.12 bits per heavy atom. The van der Waals surface area contributed by atoms with Crippen molar-refractivity contribution in [1.82, 2.24) is 0 Å². The molecule has 3 atom stereocenters. The molecular formula is C30H50O3. The molecular weight excluding hydrogens is 408 g/mol. The van der Waals surface area contributed by atoms with Crippen LogP contribution in [0.2, 0.25) is 0 Å². The Morgan fingerprint density at radius 1 is 0.970 bits per heavy atom. The van der Waals surface area contributed by atoms with Crippen LogP contribution in [0.4, 0.5) is 0 Å². The normalized spacial score (nSPS) is 19.7. The first-order chi connectivity index (χ1) is 15.5. The fraction of sp³-hybridized carbons (Fsp3) is 0.767. The van der Waals surface area contributed by atoms with Crippen molar-refractivity contribution in [3.8, 4) is 11.5 Å². The van der Waals surface area contributed by atoms with Gasteiger partial charge in [0.1, 0.15) is 17.1 Å². The highest BCUT2D eigenvalue weighted by atomic mass is 16.5. The molecule has 3 heteroatoms. The topological polar surface area (TPSA) is 35.5 Å². The van der Waals surface area contributed by atoms with Gasteiger partial charge in [-0.25, -0.2) is 0 Å². The van der Waals surface area contributed by atoms with Crippen LogP contribution in [-0.2, 0) is 11.2 Å². The summed E-state index contributed by atoms with van der Waals surface area (Å²) in [6.07, 6.45) is 13.9. The van der Waals surface area contributed by atoms with Crippen LogP contribution in [-0.4, -0.2) is 11.6 Å². The molecule has 33 heavy (non-hydrogen) atoms. The number of hydrogen-bond acceptors (Lipinski definition) is 3. The van der Waals surface area contributed by atoms with Gasteiger partial charge in [0, 0.05) is 6.92 Å². The molecule has 0 saturated carbocycles. The molecule has 0 radical (unpaired) electrons. The first-order valence-corrected chi connectivity index (χ1v) is 13.5. The fourth-order valence-electron chi connectivity index (χ4n) is 5.19. The predicted molar refractivity (Wildman–Crippen MR) is 139 cm³/mol. The lowest BCUT2D eigenvalue weighted by Gasteiger charge is -2.37. The number of ether oxygens (including phenoxy) is 2. The number of hydrogen-bond donors (Lipinski definition) is 0. The Kier molecular flexibility index (Phi) is 10.8. The summed E-state index contributed by atoms with van der Waals surface area (Å²) in [5.41, 5.74) is 3.17. The summed E-state index contributed by atoms with van der Waals surface area (Å²) in [6.45, 7) is 17.3. The zero-order valence-electron chi connectivity index (χ0n) is 22.8. The quantitative estimate of drug-likeness (QED) is 0.219. The lowest BCUT2D eigenvalue weighted by atomic mass is 9.85. The van der Waals surface area contributed by atoms with Crippen molar-refractivity contribution in [3.63, 3.8) is 0 Å². The van der Waals surface area contributed by atoms with Gasteiger partial charge in [0.05, 0.1) is 0 Å². The lowest BCUT2D eigenvalue weighted by molar-refractivity contribution is -0.131. The zero-order chi connectivity index (χ0) is 24.6. The maximum Gasteiger partial charge on any atom is 0.308 e. The van der Waals surface area contributed by atoms with E-state index in [2.05, 4.69) is 41.5 Å². The molecule has 3 unspecified atom stereocenters. The van der Waals surface area contributed by atoms with E-state index in [0.717, 1.165) is 53.9 Å². The molecule has 0 fully saturated rings. The van der Waals surface area contributed by atoms with E-state index in [0.29, 0.717) is 5.75 Å². The van der Waals surface area contributed by atoms with Crippen LogP contribution in [0.15, 0.2) is 6.07 Å². The van der Waals surface area contributed by atoms with E-state index in [1.165, 1.54) is 63.9 Å². The minimum absolute atomic E-state index is 0.0994. The van der Waals surface area contributed by atoms with Crippen LogP contribution in [0.1, 0.15) is 122 Å². The van der Waals surface area contributed by atoms with Crippen molar-refractivity contribution in [1.29, 1.82) is 0 Å². The molecule has 3 nitrogen and oxygen atoms in total. The number of carbonyl (C=O) groups is 1. The third-order valence-corrected chi connectivity index (χ3v) is 7.67. The summed E-state index contributed by atoms with van der Waals surface area (Å²) in [5, 5.41) is 0. The van der Waals surface area contributed by atoms with Crippen molar-refractivity contribution in [2.24, 2.45) is 17.8 Å². The van der Waals surface area contributed by atoms with Crippen LogP contribution in [0, 0.1) is 31.6 Å². The zero-order valence-corrected chi connectivity index (χ0v) is 22.8. The van der Waals surface area contributed by atoms with E-state index >= 15 is 0 Å². The molecule has 0 amide bonds. The van der Waals surface area contributed by atoms with E-state index < -0.39 is 0 Å². The average molecular weight is 459 g/mol. The van der Waals surface area contributed by atoms with E-state index in [4.69, 9.17) is 9.47 Å². The van der Waals surface area contributed by atoms with Gasteiger partial charge in [-0.1, -0.05) is 72.6 Å². The summed E-state index contributed by atoms with van der Waals surface area (Å²) in [4.78, 5) is 11.4. The summed E-state index contributed by atoms with van der Waals surface area (Å²) in [6, 6.07) is 2.00. The van der Waals surface area contributed by atoms with E-state index in [-0.39, 0.29) is 11.6 Å². The van der Waals surface area contributed by atoms with Gasteiger partial charge in [0.2, 0.25) is 0 Å². The van der Waals surface area contributed by atoms with Gasteiger partial charge in [-0.3, -0.25) is 4.79 Å². The highest BCUT2D eigenvalue weighted by molar-refractivity contribution is 5.70. The minimum atomic E-state index is -0.270. The molecule has 1 aliphatic heterocycles. The Hall–Kier alpha value is -1.51. The molecule has 1 aromatic carbocycles. The van der Waals surface area contributed by atoms with Gasteiger partial charge in [0.25, 0.3) is 0 Å². The molecule has 0 saturated heterocycles. The first-order valence-electron chi connectivity index (χ1n) is 13.5. The molecule has 0 spiro atoms. The van der Waals surface area contributed by atoms with Crippen LogP contribution in [0.25, 0.3) is 0 Å². The fourth-order valence-corrected chi connectivity index (χ4v) is 5.19. The second-order valence-electron chi connectivity index (χ2n) is 11.6. The summed E-state index contributed by atoms with van der Waals surface area (Å²) >= 11 is 0. The minimum Gasteiger partial charge on any atom is -0.487 e. The van der Waals surface area contributed by atoms with Crippen LogP contribution < -0.4 is 9.47 Å². The third-order valence-electron chi connectivity index (χ3n) is 7.67. The summed E-state index contributed by atoms with van der Waals surface area (Å²) < 4.78 is 12.0. The third kappa shape index (κ3) is 8.98. The van der Waals surface area contributed by atoms with Gasteiger partial charge >= 0.3 is 5.97 Å². The van der Waals surface area contributed by atoms with Crippen molar-refractivity contribution in [2.45, 2.75) is 132 Å².